The summed E-state index contributed by atoms with van der Waals surface area (Å²) in [6, 6.07) is 7.49. The van der Waals surface area contributed by atoms with Gasteiger partial charge in [-0.05, 0) is 55.3 Å². The van der Waals surface area contributed by atoms with Gasteiger partial charge in [0.15, 0.2) is 5.11 Å². The molecule has 1 aliphatic rings. The molecule has 1 aromatic carbocycles. The van der Waals surface area contributed by atoms with Crippen molar-refractivity contribution in [2.45, 2.75) is 32.3 Å². The van der Waals surface area contributed by atoms with E-state index in [9.17, 15) is 4.79 Å². The Hall–Kier alpha value is -1.92. The first-order chi connectivity index (χ1) is 12.1. The minimum atomic E-state index is -0.228. The van der Waals surface area contributed by atoms with Crippen LogP contribution in [-0.2, 0) is 9.53 Å². The van der Waals surface area contributed by atoms with Crippen LogP contribution in [0.1, 0.15) is 31.7 Å². The molecule has 5 nitrogen and oxygen atoms in total. The molecule has 0 bridgehead atoms. The molecule has 1 unspecified atom stereocenters. The summed E-state index contributed by atoms with van der Waals surface area (Å²) in [4.78, 5) is 14.1. The lowest BCUT2D eigenvalue weighted by Crippen LogP contribution is -2.45. The zero-order chi connectivity index (χ0) is 18.1. The van der Waals surface area contributed by atoms with Gasteiger partial charge in [-0.15, -0.1) is 0 Å². The molecular formula is C19H26N2O3S. The summed E-state index contributed by atoms with van der Waals surface area (Å²) in [5, 5.41) is 3.24. The first-order valence-corrected chi connectivity index (χ1v) is 9.06. The minimum absolute atomic E-state index is 0.205. The molecule has 0 saturated carbocycles. The number of benzene rings is 1. The minimum Gasteiger partial charge on any atom is -0.497 e. The maximum Gasteiger partial charge on any atom is 0.250 e. The molecule has 1 amide bonds. The standard InChI is InChI=1S/C19H26N2O3S/c1-3-12-21(14-17-5-4-13-24-17)19(25)20-18(22)11-8-15-6-9-16(23-2)10-7-15/h6-11,17H,3-5,12-14H2,1-2H3,(H,20,22,25). The first kappa shape index (κ1) is 19.4. The molecule has 0 radical (unpaired) electrons. The quantitative estimate of drug-likeness (QED) is 0.597. The van der Waals surface area contributed by atoms with E-state index >= 15 is 0 Å². The van der Waals surface area contributed by atoms with Crippen LogP contribution in [0.3, 0.4) is 0 Å². The van der Waals surface area contributed by atoms with Crippen molar-refractivity contribution < 1.29 is 14.3 Å². The van der Waals surface area contributed by atoms with Crippen molar-refractivity contribution in [3.8, 4) is 5.75 Å². The Morgan fingerprint density at radius 3 is 2.80 bits per heavy atom. The van der Waals surface area contributed by atoms with Crippen LogP contribution in [0, 0.1) is 0 Å². The summed E-state index contributed by atoms with van der Waals surface area (Å²) in [6.07, 6.45) is 6.55. The highest BCUT2D eigenvalue weighted by Crippen LogP contribution is 2.14. The predicted molar refractivity (Wildman–Crippen MR) is 104 cm³/mol. The summed E-state index contributed by atoms with van der Waals surface area (Å²) < 4.78 is 10.8. The molecule has 0 aromatic heterocycles. The summed E-state index contributed by atoms with van der Waals surface area (Å²) in [5.74, 6) is 0.557. The lowest BCUT2D eigenvalue weighted by Gasteiger charge is -2.27. The van der Waals surface area contributed by atoms with Gasteiger partial charge in [0, 0.05) is 25.8 Å². The molecule has 2 rings (SSSR count). The number of amides is 1. The van der Waals surface area contributed by atoms with Gasteiger partial charge in [-0.25, -0.2) is 0 Å². The number of hydrogen-bond acceptors (Lipinski definition) is 4. The average molecular weight is 362 g/mol. The molecule has 1 heterocycles. The first-order valence-electron chi connectivity index (χ1n) is 8.66. The summed E-state index contributed by atoms with van der Waals surface area (Å²) in [5.41, 5.74) is 0.923. The summed E-state index contributed by atoms with van der Waals surface area (Å²) in [6.45, 7) is 4.45. The van der Waals surface area contributed by atoms with Gasteiger partial charge in [-0.2, -0.15) is 0 Å². The number of carbonyl (C=O) groups excluding carboxylic acids is 1. The van der Waals surface area contributed by atoms with E-state index in [-0.39, 0.29) is 12.0 Å². The van der Waals surface area contributed by atoms with E-state index in [1.165, 1.54) is 6.08 Å². The van der Waals surface area contributed by atoms with Crippen molar-refractivity contribution >= 4 is 29.3 Å². The monoisotopic (exact) mass is 362 g/mol. The second kappa shape index (κ2) is 10.2. The Kier molecular flexibility index (Phi) is 7.88. The number of nitrogens with zero attached hydrogens (tertiary/aromatic N) is 1. The lowest BCUT2D eigenvalue weighted by molar-refractivity contribution is -0.115. The number of carbonyl (C=O) groups is 1. The lowest BCUT2D eigenvalue weighted by atomic mass is 10.2. The third-order valence-corrected chi connectivity index (χ3v) is 4.36. The molecule has 136 valence electrons. The number of methoxy groups -OCH3 is 1. The molecular weight excluding hydrogens is 336 g/mol. The van der Waals surface area contributed by atoms with Crippen molar-refractivity contribution in [3.63, 3.8) is 0 Å². The van der Waals surface area contributed by atoms with E-state index in [1.54, 1.807) is 13.2 Å². The summed E-state index contributed by atoms with van der Waals surface area (Å²) >= 11 is 5.40. The van der Waals surface area contributed by atoms with Crippen LogP contribution in [0.25, 0.3) is 6.08 Å². The van der Waals surface area contributed by atoms with E-state index in [0.29, 0.717) is 5.11 Å². The third-order valence-electron chi connectivity index (χ3n) is 4.00. The van der Waals surface area contributed by atoms with E-state index < -0.39 is 0 Å². The van der Waals surface area contributed by atoms with Crippen molar-refractivity contribution in [1.29, 1.82) is 0 Å². The fraction of sp³-hybridized carbons (Fsp3) is 0.474. The van der Waals surface area contributed by atoms with E-state index in [0.717, 1.165) is 50.3 Å². The Balaban J connectivity index is 1.87. The maximum atomic E-state index is 12.1. The molecule has 1 atom stereocenters. The number of hydrogen-bond donors (Lipinski definition) is 1. The predicted octanol–water partition coefficient (Wildman–Crippen LogP) is 3.00. The van der Waals surface area contributed by atoms with Gasteiger partial charge in [0.25, 0.3) is 0 Å². The highest BCUT2D eigenvalue weighted by molar-refractivity contribution is 7.80. The Morgan fingerprint density at radius 1 is 1.44 bits per heavy atom. The normalized spacial score (nSPS) is 16.8. The van der Waals surface area contributed by atoms with Crippen molar-refractivity contribution in [2.24, 2.45) is 0 Å². The molecule has 0 spiro atoms. The second-order valence-electron chi connectivity index (χ2n) is 5.98. The van der Waals surface area contributed by atoms with Crippen molar-refractivity contribution in [2.75, 3.05) is 26.8 Å². The van der Waals surface area contributed by atoms with Crippen molar-refractivity contribution in [1.82, 2.24) is 10.2 Å². The molecule has 1 aliphatic heterocycles. The Labute approximate surface area is 155 Å². The van der Waals surface area contributed by atoms with Crippen LogP contribution in [0.2, 0.25) is 0 Å². The largest absolute Gasteiger partial charge is 0.497 e. The van der Waals surface area contributed by atoms with E-state index in [1.807, 2.05) is 29.2 Å². The van der Waals surface area contributed by atoms with Crippen LogP contribution in [0.4, 0.5) is 0 Å². The molecule has 0 aliphatic carbocycles. The van der Waals surface area contributed by atoms with Crippen LogP contribution in [-0.4, -0.2) is 48.8 Å². The Bertz CT molecular complexity index is 595. The van der Waals surface area contributed by atoms with Crippen LogP contribution in [0.5, 0.6) is 5.75 Å². The molecule has 1 aromatic rings. The SMILES string of the molecule is CCCN(CC1CCCO1)C(=S)NC(=O)C=Cc1ccc(OC)cc1. The smallest absolute Gasteiger partial charge is 0.250 e. The molecule has 25 heavy (non-hydrogen) atoms. The molecule has 1 N–H and O–H groups in total. The molecule has 1 saturated heterocycles. The highest BCUT2D eigenvalue weighted by Gasteiger charge is 2.20. The molecule has 1 fully saturated rings. The zero-order valence-electron chi connectivity index (χ0n) is 14.9. The van der Waals surface area contributed by atoms with E-state index in [4.69, 9.17) is 21.7 Å². The van der Waals surface area contributed by atoms with Gasteiger partial charge in [-0.1, -0.05) is 19.1 Å². The van der Waals surface area contributed by atoms with Crippen molar-refractivity contribution in [3.05, 3.63) is 35.9 Å². The van der Waals surface area contributed by atoms with Gasteiger partial charge in [-0.3, -0.25) is 10.1 Å². The topological polar surface area (TPSA) is 50.8 Å². The number of ether oxygens (including phenoxy) is 2. The van der Waals surface area contributed by atoms with Gasteiger partial charge >= 0.3 is 0 Å². The average Bonchev–Trinajstić information content (AvgIpc) is 3.13. The van der Waals surface area contributed by atoms with Gasteiger partial charge in [0.2, 0.25) is 5.91 Å². The zero-order valence-corrected chi connectivity index (χ0v) is 15.7. The van der Waals surface area contributed by atoms with Crippen LogP contribution in [0.15, 0.2) is 30.3 Å². The number of rotatable bonds is 7. The second-order valence-corrected chi connectivity index (χ2v) is 6.37. The summed E-state index contributed by atoms with van der Waals surface area (Å²) in [7, 11) is 1.62. The number of thiocarbonyl (C=S) groups is 1. The van der Waals surface area contributed by atoms with Gasteiger partial charge < -0.3 is 14.4 Å². The van der Waals surface area contributed by atoms with Gasteiger partial charge in [0.1, 0.15) is 5.75 Å². The maximum absolute atomic E-state index is 12.1. The van der Waals surface area contributed by atoms with E-state index in [2.05, 4.69) is 12.2 Å². The van der Waals surface area contributed by atoms with Gasteiger partial charge in [0.05, 0.1) is 13.2 Å². The third kappa shape index (κ3) is 6.48. The molecule has 6 heteroatoms. The van der Waals surface area contributed by atoms with Crippen LogP contribution < -0.4 is 10.1 Å². The van der Waals surface area contributed by atoms with Crippen LogP contribution >= 0.6 is 12.2 Å². The highest BCUT2D eigenvalue weighted by atomic mass is 32.1. The number of nitrogens with one attached hydrogen (secondary N) is 1. The Morgan fingerprint density at radius 2 is 2.20 bits per heavy atom. The fourth-order valence-corrected chi connectivity index (χ4v) is 2.96. The fourth-order valence-electron chi connectivity index (χ4n) is 2.69.